The van der Waals surface area contributed by atoms with Crippen LogP contribution >= 0.6 is 11.6 Å². The monoisotopic (exact) mass is 492 g/mol. The standard InChI is InChI=1S/C24H27ClF2N4O3/c1-5-30(14-33)22(13-32)28-29(4)20-11-21(34-15(2)3)24-16(23(20)27)9-10-31(24)12-17-18(25)7-6-8-19(17)26/h6-11,14-15,32H,5,12-13H2,1-4H3/b28-22-. The number of hydrogen-bond donors (Lipinski definition) is 1. The van der Waals surface area contributed by atoms with Crippen LogP contribution in [0.3, 0.4) is 0 Å². The summed E-state index contributed by atoms with van der Waals surface area (Å²) in [5.74, 6) is -0.604. The number of aliphatic hydroxyl groups excluding tert-OH is 1. The molecule has 0 bridgehead atoms. The number of rotatable bonds is 9. The number of aliphatic hydroxyl groups is 1. The molecule has 1 amide bonds. The maximum Gasteiger partial charge on any atom is 0.215 e. The normalized spacial score (nSPS) is 11.9. The number of carbonyl (C=O) groups is 1. The first-order valence-electron chi connectivity index (χ1n) is 10.8. The van der Waals surface area contributed by atoms with Gasteiger partial charge in [0.1, 0.15) is 18.2 Å². The molecule has 34 heavy (non-hydrogen) atoms. The number of hydrazone groups is 1. The maximum atomic E-state index is 15.6. The van der Waals surface area contributed by atoms with Gasteiger partial charge in [0.15, 0.2) is 11.7 Å². The molecule has 10 heteroatoms. The molecule has 2 aromatic carbocycles. The van der Waals surface area contributed by atoms with Gasteiger partial charge in [-0.1, -0.05) is 17.7 Å². The Bertz CT molecular complexity index is 1190. The van der Waals surface area contributed by atoms with Gasteiger partial charge in [-0.15, -0.1) is 0 Å². The van der Waals surface area contributed by atoms with Gasteiger partial charge in [-0.3, -0.25) is 14.7 Å². The Morgan fingerprint density at radius 1 is 1.32 bits per heavy atom. The fourth-order valence-corrected chi connectivity index (χ4v) is 3.83. The van der Waals surface area contributed by atoms with E-state index in [4.69, 9.17) is 16.3 Å². The second-order valence-electron chi connectivity index (χ2n) is 7.87. The molecular weight excluding hydrogens is 466 g/mol. The van der Waals surface area contributed by atoms with Crippen molar-refractivity contribution in [3.8, 4) is 5.75 Å². The van der Waals surface area contributed by atoms with Crippen LogP contribution in [0.1, 0.15) is 26.3 Å². The predicted octanol–water partition coefficient (Wildman–Crippen LogP) is 4.63. The average molecular weight is 493 g/mol. The summed E-state index contributed by atoms with van der Waals surface area (Å²) in [6.45, 7) is 5.27. The number of hydrogen-bond acceptors (Lipinski definition) is 5. The van der Waals surface area contributed by atoms with Crippen molar-refractivity contribution in [3.05, 3.63) is 58.7 Å². The maximum absolute atomic E-state index is 15.6. The molecule has 3 rings (SSSR count). The fourth-order valence-electron chi connectivity index (χ4n) is 3.61. The Morgan fingerprint density at radius 3 is 2.65 bits per heavy atom. The number of aromatic nitrogens is 1. The van der Waals surface area contributed by atoms with Crippen LogP contribution in [0.25, 0.3) is 10.9 Å². The topological polar surface area (TPSA) is 70.3 Å². The summed E-state index contributed by atoms with van der Waals surface area (Å²) < 4.78 is 37.7. The van der Waals surface area contributed by atoms with Crippen molar-refractivity contribution >= 4 is 40.4 Å². The van der Waals surface area contributed by atoms with Crippen molar-refractivity contribution in [2.45, 2.75) is 33.4 Å². The zero-order valence-electron chi connectivity index (χ0n) is 19.4. The van der Waals surface area contributed by atoms with E-state index in [1.54, 1.807) is 29.8 Å². The van der Waals surface area contributed by atoms with E-state index in [2.05, 4.69) is 5.10 Å². The fraction of sp³-hybridized carbons (Fsp3) is 0.333. The SMILES string of the molecule is CCN(C=O)/C(CO)=N\N(C)c1cc(OC(C)C)c2c(ccn2Cc2c(F)cccc2Cl)c1F. The Balaban J connectivity index is 2.15. The highest BCUT2D eigenvalue weighted by Gasteiger charge is 2.21. The molecule has 0 aliphatic rings. The van der Waals surface area contributed by atoms with E-state index >= 15 is 4.39 Å². The van der Waals surface area contributed by atoms with Crippen molar-refractivity contribution in [1.29, 1.82) is 0 Å². The van der Waals surface area contributed by atoms with E-state index < -0.39 is 18.2 Å². The van der Waals surface area contributed by atoms with Crippen LogP contribution < -0.4 is 9.75 Å². The van der Waals surface area contributed by atoms with Gasteiger partial charge in [0.25, 0.3) is 0 Å². The van der Waals surface area contributed by atoms with Crippen LogP contribution in [-0.4, -0.2) is 53.1 Å². The lowest BCUT2D eigenvalue weighted by molar-refractivity contribution is -0.114. The summed E-state index contributed by atoms with van der Waals surface area (Å²) in [5, 5.41) is 15.6. The number of halogens is 3. The van der Waals surface area contributed by atoms with Crippen LogP contribution in [0.4, 0.5) is 14.5 Å². The van der Waals surface area contributed by atoms with Crippen LogP contribution in [0.15, 0.2) is 41.6 Å². The minimum atomic E-state index is -0.581. The predicted molar refractivity (Wildman–Crippen MR) is 130 cm³/mol. The molecule has 1 aromatic heterocycles. The van der Waals surface area contributed by atoms with E-state index in [1.165, 1.54) is 35.2 Å². The number of nitrogens with zero attached hydrogens (tertiary/aromatic N) is 4. The lowest BCUT2D eigenvalue weighted by Gasteiger charge is -2.22. The minimum absolute atomic E-state index is 0.0672. The molecule has 3 aromatic rings. The summed E-state index contributed by atoms with van der Waals surface area (Å²) in [6.07, 6.45) is 1.96. The van der Waals surface area contributed by atoms with Crippen LogP contribution in [0.2, 0.25) is 5.02 Å². The molecule has 0 saturated heterocycles. The number of fused-ring (bicyclic) bond motifs is 1. The smallest absolute Gasteiger partial charge is 0.215 e. The summed E-state index contributed by atoms with van der Waals surface area (Å²) in [6, 6.07) is 7.51. The number of amidine groups is 1. The first-order valence-corrected chi connectivity index (χ1v) is 11.1. The second kappa shape index (κ2) is 10.8. The van der Waals surface area contributed by atoms with Crippen LogP contribution in [-0.2, 0) is 11.3 Å². The third kappa shape index (κ3) is 5.15. The molecule has 0 fully saturated rings. The van der Waals surface area contributed by atoms with Crippen molar-refractivity contribution < 1.29 is 23.4 Å². The van der Waals surface area contributed by atoms with E-state index in [9.17, 15) is 14.3 Å². The Morgan fingerprint density at radius 2 is 2.06 bits per heavy atom. The Kier molecular flexibility index (Phi) is 8.11. The van der Waals surface area contributed by atoms with Gasteiger partial charge in [-0.2, -0.15) is 5.10 Å². The number of ether oxygens (including phenoxy) is 1. The second-order valence-corrected chi connectivity index (χ2v) is 8.28. The molecule has 0 saturated carbocycles. The van der Waals surface area contributed by atoms with Gasteiger partial charge in [0, 0.05) is 41.8 Å². The Hall–Kier alpha value is -3.17. The summed E-state index contributed by atoms with van der Waals surface area (Å²) in [4.78, 5) is 12.5. The molecule has 1 heterocycles. The largest absolute Gasteiger partial charge is 0.489 e. The third-order valence-electron chi connectivity index (χ3n) is 5.23. The molecule has 182 valence electrons. The van der Waals surface area contributed by atoms with Crippen molar-refractivity contribution in [2.24, 2.45) is 5.10 Å². The van der Waals surface area contributed by atoms with Gasteiger partial charge < -0.3 is 14.4 Å². The number of benzene rings is 2. The lowest BCUT2D eigenvalue weighted by Crippen LogP contribution is -2.34. The number of likely N-dealkylation sites (N-methyl/N-ethyl adjacent to an activating group) is 1. The number of amides is 1. The van der Waals surface area contributed by atoms with Crippen molar-refractivity contribution in [1.82, 2.24) is 9.47 Å². The van der Waals surface area contributed by atoms with Gasteiger partial charge in [-0.05, 0) is 39.0 Å². The van der Waals surface area contributed by atoms with E-state index in [-0.39, 0.29) is 40.1 Å². The molecular formula is C24H27ClF2N4O3. The van der Waals surface area contributed by atoms with Crippen LogP contribution in [0.5, 0.6) is 5.75 Å². The van der Waals surface area contributed by atoms with Gasteiger partial charge >= 0.3 is 0 Å². The molecule has 7 nitrogen and oxygen atoms in total. The van der Waals surface area contributed by atoms with Crippen LogP contribution in [0, 0.1) is 11.6 Å². The molecule has 0 radical (unpaired) electrons. The number of carbonyl (C=O) groups excluding carboxylic acids is 1. The van der Waals surface area contributed by atoms with Crippen molar-refractivity contribution in [3.63, 3.8) is 0 Å². The zero-order chi connectivity index (χ0) is 25.0. The quantitative estimate of drug-likeness (QED) is 0.205. The zero-order valence-corrected chi connectivity index (χ0v) is 20.2. The minimum Gasteiger partial charge on any atom is -0.489 e. The lowest BCUT2D eigenvalue weighted by atomic mass is 10.1. The molecule has 0 unspecified atom stereocenters. The van der Waals surface area contributed by atoms with Crippen molar-refractivity contribution in [2.75, 3.05) is 25.2 Å². The molecule has 0 aliphatic carbocycles. The third-order valence-corrected chi connectivity index (χ3v) is 5.59. The molecule has 0 atom stereocenters. The van der Waals surface area contributed by atoms with E-state index in [0.29, 0.717) is 24.2 Å². The van der Waals surface area contributed by atoms with Gasteiger partial charge in [0.05, 0.1) is 23.9 Å². The molecule has 0 spiro atoms. The van der Waals surface area contributed by atoms with Gasteiger partial charge in [0.2, 0.25) is 6.41 Å². The highest BCUT2D eigenvalue weighted by Crippen LogP contribution is 2.37. The van der Waals surface area contributed by atoms with E-state index in [0.717, 1.165) is 0 Å². The first kappa shape index (κ1) is 25.5. The number of anilines is 1. The first-order chi connectivity index (χ1) is 16.2. The molecule has 1 N–H and O–H groups in total. The summed E-state index contributed by atoms with van der Waals surface area (Å²) in [5.41, 5.74) is 0.805. The highest BCUT2D eigenvalue weighted by molar-refractivity contribution is 6.31. The van der Waals surface area contributed by atoms with Gasteiger partial charge in [-0.25, -0.2) is 8.78 Å². The summed E-state index contributed by atoms with van der Waals surface area (Å²) in [7, 11) is 1.51. The molecule has 0 aliphatic heterocycles. The Labute approximate surface area is 201 Å². The highest BCUT2D eigenvalue weighted by atomic mass is 35.5. The van der Waals surface area contributed by atoms with E-state index in [1.807, 2.05) is 13.8 Å². The summed E-state index contributed by atoms with van der Waals surface area (Å²) >= 11 is 6.20. The average Bonchev–Trinajstić information content (AvgIpc) is 3.22.